The number of nitrogens with zero attached hydrogens (tertiary/aromatic N) is 5. The summed E-state index contributed by atoms with van der Waals surface area (Å²) in [6.07, 6.45) is 3.07. The van der Waals surface area contributed by atoms with E-state index in [1.165, 1.54) is 13.3 Å². The van der Waals surface area contributed by atoms with Crippen molar-refractivity contribution in [3.63, 3.8) is 0 Å². The van der Waals surface area contributed by atoms with Crippen LogP contribution in [-0.2, 0) is 4.74 Å². The Kier molecular flexibility index (Phi) is 5.93. The van der Waals surface area contributed by atoms with Crippen LogP contribution in [0.1, 0.15) is 6.92 Å². The molecule has 1 fully saturated rings. The van der Waals surface area contributed by atoms with Crippen molar-refractivity contribution in [2.75, 3.05) is 42.4 Å². The van der Waals surface area contributed by atoms with Crippen molar-refractivity contribution >= 4 is 56.4 Å². The smallest absolute Gasteiger partial charge is 0.323 e. The van der Waals surface area contributed by atoms with Crippen LogP contribution in [0, 0.1) is 0 Å². The summed E-state index contributed by atoms with van der Waals surface area (Å²) >= 11 is 9.47. The highest BCUT2D eigenvalue weighted by Crippen LogP contribution is 2.30. The highest BCUT2D eigenvalue weighted by molar-refractivity contribution is 9.10. The molecule has 158 valence electrons. The van der Waals surface area contributed by atoms with E-state index in [4.69, 9.17) is 21.1 Å². The summed E-state index contributed by atoms with van der Waals surface area (Å²) in [5.41, 5.74) is 1.60. The number of nitrogens with one attached hydrogen (secondary N) is 2. The zero-order valence-corrected chi connectivity index (χ0v) is 18.6. The average molecular weight is 497 g/mol. The van der Waals surface area contributed by atoms with Gasteiger partial charge in [-0.2, -0.15) is 9.61 Å². The van der Waals surface area contributed by atoms with E-state index in [9.17, 15) is 4.79 Å². The van der Waals surface area contributed by atoms with E-state index in [1.807, 2.05) is 6.07 Å². The molecule has 0 saturated carbocycles. The van der Waals surface area contributed by atoms with Gasteiger partial charge in [0.1, 0.15) is 15.3 Å². The summed E-state index contributed by atoms with van der Waals surface area (Å²) in [4.78, 5) is 23.3. The van der Waals surface area contributed by atoms with Gasteiger partial charge in [-0.05, 0) is 28.9 Å². The number of pyridine rings is 1. The van der Waals surface area contributed by atoms with Gasteiger partial charge >= 0.3 is 6.03 Å². The number of urea groups is 1. The van der Waals surface area contributed by atoms with Gasteiger partial charge in [0.05, 0.1) is 44.4 Å². The number of anilines is 3. The number of ether oxygens (including phenoxy) is 2. The number of hydrogen-bond donors (Lipinski definition) is 2. The molecule has 3 aromatic rings. The quantitative estimate of drug-likeness (QED) is 0.570. The van der Waals surface area contributed by atoms with Crippen molar-refractivity contribution in [2.45, 2.75) is 13.0 Å². The van der Waals surface area contributed by atoms with E-state index >= 15 is 0 Å². The zero-order valence-electron chi connectivity index (χ0n) is 16.2. The number of carbonyl (C=O) groups is 1. The molecule has 3 aromatic heterocycles. The summed E-state index contributed by atoms with van der Waals surface area (Å²) in [6, 6.07) is 3.00. The van der Waals surface area contributed by atoms with Crippen molar-refractivity contribution < 1.29 is 14.3 Å². The monoisotopic (exact) mass is 495 g/mol. The number of morpholine rings is 1. The third-order valence-electron chi connectivity index (χ3n) is 4.57. The predicted octanol–water partition coefficient (Wildman–Crippen LogP) is 3.42. The maximum atomic E-state index is 12.7. The number of fused-ring (bicyclic) bond motifs is 1. The Morgan fingerprint density at radius 1 is 1.33 bits per heavy atom. The standard InChI is InChI=1S/C18H19BrClN7O3/c1-10-9-30-4-3-26(10)17-13(8-21-15-6-14(19)25-27(15)17)24-18(28)23-11-5-12(20)16(29-2)22-7-11/h5-8,10H,3-4,9H2,1-2H3,(H2,23,24,28)/t10-/m0/s1. The molecule has 2 N–H and O–H groups in total. The SMILES string of the molecule is COc1ncc(NC(=O)Nc2cnc3cc(Br)nn3c2N2CCOC[C@@H]2C)cc1Cl. The minimum absolute atomic E-state index is 0.0977. The number of aromatic nitrogens is 4. The third-order valence-corrected chi connectivity index (χ3v) is 5.23. The number of hydrogen-bond acceptors (Lipinski definition) is 7. The first-order valence-electron chi connectivity index (χ1n) is 9.12. The van der Waals surface area contributed by atoms with Crippen LogP contribution in [-0.4, -0.2) is 58.5 Å². The summed E-state index contributed by atoms with van der Waals surface area (Å²) in [5.74, 6) is 1.01. The molecule has 0 bridgehead atoms. The van der Waals surface area contributed by atoms with Gasteiger partial charge in [0, 0.05) is 12.6 Å². The van der Waals surface area contributed by atoms with Gasteiger partial charge in [0.15, 0.2) is 11.5 Å². The third kappa shape index (κ3) is 4.13. The fourth-order valence-corrected chi connectivity index (χ4v) is 3.84. The summed E-state index contributed by atoms with van der Waals surface area (Å²) in [5, 5.41) is 10.3. The second-order valence-electron chi connectivity index (χ2n) is 6.64. The van der Waals surface area contributed by atoms with Crippen molar-refractivity contribution in [2.24, 2.45) is 0 Å². The maximum absolute atomic E-state index is 12.7. The molecule has 1 aliphatic rings. The molecule has 1 aliphatic heterocycles. The van der Waals surface area contributed by atoms with Crippen LogP contribution in [0.2, 0.25) is 5.02 Å². The fourth-order valence-electron chi connectivity index (χ4n) is 3.23. The number of halogens is 2. The first kappa shape index (κ1) is 20.6. The molecule has 0 unspecified atom stereocenters. The molecule has 0 aromatic carbocycles. The van der Waals surface area contributed by atoms with Crippen LogP contribution >= 0.6 is 27.5 Å². The van der Waals surface area contributed by atoms with Crippen LogP contribution in [0.15, 0.2) is 29.1 Å². The Morgan fingerprint density at radius 3 is 2.90 bits per heavy atom. The highest BCUT2D eigenvalue weighted by atomic mass is 79.9. The van der Waals surface area contributed by atoms with Crippen molar-refractivity contribution in [1.29, 1.82) is 0 Å². The molecule has 0 aliphatic carbocycles. The van der Waals surface area contributed by atoms with E-state index in [0.29, 0.717) is 46.4 Å². The lowest BCUT2D eigenvalue weighted by Gasteiger charge is -2.36. The predicted molar refractivity (Wildman–Crippen MR) is 117 cm³/mol. The lowest BCUT2D eigenvalue weighted by atomic mass is 10.2. The second-order valence-corrected chi connectivity index (χ2v) is 7.86. The lowest BCUT2D eigenvalue weighted by molar-refractivity contribution is 0.0984. The van der Waals surface area contributed by atoms with Crippen LogP contribution in [0.4, 0.5) is 22.0 Å². The number of methoxy groups -OCH3 is 1. The number of amides is 2. The summed E-state index contributed by atoms with van der Waals surface area (Å²) in [7, 11) is 1.47. The Bertz CT molecular complexity index is 1090. The molecular weight excluding hydrogens is 478 g/mol. The minimum atomic E-state index is -0.465. The molecule has 0 spiro atoms. The number of rotatable bonds is 4. The van der Waals surface area contributed by atoms with E-state index in [-0.39, 0.29) is 11.9 Å². The van der Waals surface area contributed by atoms with Gasteiger partial charge in [-0.3, -0.25) is 0 Å². The van der Waals surface area contributed by atoms with Gasteiger partial charge in [-0.15, -0.1) is 0 Å². The largest absolute Gasteiger partial charge is 0.480 e. The molecule has 30 heavy (non-hydrogen) atoms. The Morgan fingerprint density at radius 2 is 2.17 bits per heavy atom. The summed E-state index contributed by atoms with van der Waals surface area (Å²) < 4.78 is 12.9. The lowest BCUT2D eigenvalue weighted by Crippen LogP contribution is -2.45. The van der Waals surface area contributed by atoms with Crippen molar-refractivity contribution in [3.8, 4) is 5.88 Å². The van der Waals surface area contributed by atoms with Gasteiger partial charge in [0.25, 0.3) is 0 Å². The second kappa shape index (κ2) is 8.62. The van der Waals surface area contributed by atoms with Crippen molar-refractivity contribution in [1.82, 2.24) is 19.6 Å². The molecule has 4 rings (SSSR count). The van der Waals surface area contributed by atoms with Gasteiger partial charge < -0.3 is 25.0 Å². The van der Waals surface area contributed by atoms with Gasteiger partial charge in [-0.1, -0.05) is 11.6 Å². The molecule has 4 heterocycles. The molecule has 0 radical (unpaired) electrons. The van der Waals surface area contributed by atoms with Crippen LogP contribution in [0.5, 0.6) is 5.88 Å². The Balaban J connectivity index is 1.64. The highest BCUT2D eigenvalue weighted by Gasteiger charge is 2.26. The number of carbonyl (C=O) groups excluding carboxylic acids is 1. The molecular formula is C18H19BrClN7O3. The molecule has 1 saturated heterocycles. The fraction of sp³-hybridized carbons (Fsp3) is 0.333. The zero-order chi connectivity index (χ0) is 21.3. The molecule has 10 nitrogen and oxygen atoms in total. The minimum Gasteiger partial charge on any atom is -0.480 e. The average Bonchev–Trinajstić information content (AvgIpc) is 3.09. The topological polar surface area (TPSA) is 106 Å². The first-order chi connectivity index (χ1) is 14.5. The van der Waals surface area contributed by atoms with E-state index < -0.39 is 6.03 Å². The molecule has 12 heteroatoms. The Labute approximate surface area is 185 Å². The van der Waals surface area contributed by atoms with Gasteiger partial charge in [-0.25, -0.2) is 14.8 Å². The van der Waals surface area contributed by atoms with E-state index in [2.05, 4.69) is 53.5 Å². The van der Waals surface area contributed by atoms with Crippen LogP contribution in [0.25, 0.3) is 5.65 Å². The summed E-state index contributed by atoms with van der Waals surface area (Å²) in [6.45, 7) is 3.87. The maximum Gasteiger partial charge on any atom is 0.323 e. The van der Waals surface area contributed by atoms with Crippen LogP contribution < -0.4 is 20.3 Å². The molecule has 2 amide bonds. The van der Waals surface area contributed by atoms with Crippen LogP contribution in [0.3, 0.4) is 0 Å². The first-order valence-corrected chi connectivity index (χ1v) is 10.3. The Hall–Kier alpha value is -2.63. The van der Waals surface area contributed by atoms with Gasteiger partial charge in [0.2, 0.25) is 5.88 Å². The normalized spacial score (nSPS) is 16.5. The molecule has 1 atom stereocenters. The van der Waals surface area contributed by atoms with Crippen molar-refractivity contribution in [3.05, 3.63) is 34.2 Å². The van der Waals surface area contributed by atoms with E-state index in [1.54, 1.807) is 16.8 Å². The van der Waals surface area contributed by atoms with E-state index in [0.717, 1.165) is 5.82 Å².